The van der Waals surface area contributed by atoms with Crippen molar-refractivity contribution in [1.82, 2.24) is 15.1 Å². The summed E-state index contributed by atoms with van der Waals surface area (Å²) in [5.41, 5.74) is 2.24. The van der Waals surface area contributed by atoms with Crippen LogP contribution in [0.1, 0.15) is 24.1 Å². The fraction of sp³-hybridized carbons (Fsp3) is 0.381. The molecule has 2 aromatic carbocycles. The number of rotatable bonds is 6. The number of nitrogens with zero attached hydrogens (tertiary/aromatic N) is 2. The minimum absolute atomic E-state index is 0.0638. The first-order valence-corrected chi connectivity index (χ1v) is 9.14. The number of nitrogens with one attached hydrogen (secondary N) is 1. The van der Waals surface area contributed by atoms with Gasteiger partial charge in [0.05, 0.1) is 6.54 Å². The molecule has 5 heteroatoms. The second kappa shape index (κ2) is 8.92. The SMILES string of the molecule is C[C@@H](c1ccc(F)cc1)N1CCN(CC(=O)NCc2ccccc2)CC1. The zero-order valence-electron chi connectivity index (χ0n) is 15.2. The number of carbonyl (C=O) groups excluding carboxylic acids is 1. The molecule has 0 aromatic heterocycles. The van der Waals surface area contributed by atoms with E-state index >= 15 is 0 Å². The first kappa shape index (κ1) is 18.5. The van der Waals surface area contributed by atoms with E-state index in [1.54, 1.807) is 0 Å². The van der Waals surface area contributed by atoms with Gasteiger partial charge in [0.15, 0.2) is 0 Å². The molecule has 1 atom stereocenters. The molecular weight excluding hydrogens is 329 g/mol. The minimum Gasteiger partial charge on any atom is -0.351 e. The largest absolute Gasteiger partial charge is 0.351 e. The topological polar surface area (TPSA) is 35.6 Å². The van der Waals surface area contributed by atoms with Gasteiger partial charge in [0.1, 0.15) is 5.82 Å². The maximum absolute atomic E-state index is 13.1. The van der Waals surface area contributed by atoms with Crippen LogP contribution in [-0.4, -0.2) is 48.4 Å². The number of amides is 1. The fourth-order valence-corrected chi connectivity index (χ4v) is 3.32. The van der Waals surface area contributed by atoms with Crippen LogP contribution < -0.4 is 5.32 Å². The van der Waals surface area contributed by atoms with Gasteiger partial charge in [-0.2, -0.15) is 0 Å². The van der Waals surface area contributed by atoms with Crippen molar-refractivity contribution < 1.29 is 9.18 Å². The van der Waals surface area contributed by atoms with Crippen LogP contribution in [0.4, 0.5) is 4.39 Å². The molecule has 1 amide bonds. The van der Waals surface area contributed by atoms with Crippen LogP contribution in [0.15, 0.2) is 54.6 Å². The molecule has 0 bridgehead atoms. The van der Waals surface area contributed by atoms with Crippen LogP contribution in [-0.2, 0) is 11.3 Å². The molecule has 0 unspecified atom stereocenters. The molecule has 4 nitrogen and oxygen atoms in total. The van der Waals surface area contributed by atoms with Crippen LogP contribution in [0, 0.1) is 5.82 Å². The summed E-state index contributed by atoms with van der Waals surface area (Å²) in [6.45, 7) is 6.70. The number of halogens is 1. The minimum atomic E-state index is -0.202. The second-order valence-corrected chi connectivity index (χ2v) is 6.80. The molecule has 0 radical (unpaired) electrons. The maximum Gasteiger partial charge on any atom is 0.234 e. The average molecular weight is 355 g/mol. The van der Waals surface area contributed by atoms with Crippen LogP contribution in [0.25, 0.3) is 0 Å². The summed E-state index contributed by atoms with van der Waals surface area (Å²) in [5.74, 6) is -0.138. The van der Waals surface area contributed by atoms with Gasteiger partial charge in [-0.3, -0.25) is 14.6 Å². The Bertz CT molecular complexity index is 697. The third kappa shape index (κ3) is 5.13. The number of benzene rings is 2. The molecule has 1 fully saturated rings. The highest BCUT2D eigenvalue weighted by Gasteiger charge is 2.23. The summed E-state index contributed by atoms with van der Waals surface area (Å²) in [5, 5.41) is 2.98. The van der Waals surface area contributed by atoms with Crippen molar-refractivity contribution in [1.29, 1.82) is 0 Å². The molecule has 3 rings (SSSR count). The van der Waals surface area contributed by atoms with Crippen LogP contribution in [0.3, 0.4) is 0 Å². The van der Waals surface area contributed by atoms with Gasteiger partial charge in [0.25, 0.3) is 0 Å². The van der Waals surface area contributed by atoms with Crippen LogP contribution in [0.2, 0.25) is 0 Å². The van der Waals surface area contributed by atoms with Gasteiger partial charge in [0.2, 0.25) is 5.91 Å². The monoisotopic (exact) mass is 355 g/mol. The molecule has 1 saturated heterocycles. The van der Waals surface area contributed by atoms with E-state index in [1.807, 2.05) is 42.5 Å². The Morgan fingerprint density at radius 2 is 1.69 bits per heavy atom. The Morgan fingerprint density at radius 1 is 1.04 bits per heavy atom. The van der Waals surface area contributed by atoms with E-state index in [2.05, 4.69) is 22.0 Å². The first-order chi connectivity index (χ1) is 12.6. The van der Waals surface area contributed by atoms with E-state index in [9.17, 15) is 9.18 Å². The molecule has 0 aliphatic carbocycles. The predicted octanol–water partition coefficient (Wildman–Crippen LogP) is 2.82. The first-order valence-electron chi connectivity index (χ1n) is 9.14. The summed E-state index contributed by atoms with van der Waals surface area (Å²) in [6, 6.07) is 16.9. The Morgan fingerprint density at radius 3 is 2.35 bits per heavy atom. The van der Waals surface area contributed by atoms with E-state index in [4.69, 9.17) is 0 Å². The third-order valence-electron chi connectivity index (χ3n) is 5.01. The van der Waals surface area contributed by atoms with E-state index in [-0.39, 0.29) is 17.8 Å². The van der Waals surface area contributed by atoms with Gasteiger partial charge in [-0.05, 0) is 30.2 Å². The summed E-state index contributed by atoms with van der Waals surface area (Å²) in [7, 11) is 0. The molecule has 0 saturated carbocycles. The molecule has 138 valence electrons. The lowest BCUT2D eigenvalue weighted by Crippen LogP contribution is -2.49. The Labute approximate surface area is 154 Å². The molecule has 1 N–H and O–H groups in total. The molecule has 1 aliphatic rings. The van der Waals surface area contributed by atoms with Crippen molar-refractivity contribution in [3.63, 3.8) is 0 Å². The molecule has 1 heterocycles. The summed E-state index contributed by atoms with van der Waals surface area (Å²) < 4.78 is 13.1. The van der Waals surface area contributed by atoms with Crippen molar-refractivity contribution in [2.45, 2.75) is 19.5 Å². The van der Waals surface area contributed by atoms with E-state index in [0.717, 1.165) is 37.3 Å². The van der Waals surface area contributed by atoms with Gasteiger partial charge >= 0.3 is 0 Å². The van der Waals surface area contributed by atoms with Gasteiger partial charge in [-0.1, -0.05) is 42.5 Å². The maximum atomic E-state index is 13.1. The normalized spacial score (nSPS) is 17.0. The van der Waals surface area contributed by atoms with Crippen LogP contribution >= 0.6 is 0 Å². The van der Waals surface area contributed by atoms with Crippen LogP contribution in [0.5, 0.6) is 0 Å². The highest BCUT2D eigenvalue weighted by atomic mass is 19.1. The molecule has 2 aromatic rings. The summed E-state index contributed by atoms with van der Waals surface area (Å²) >= 11 is 0. The fourth-order valence-electron chi connectivity index (χ4n) is 3.32. The zero-order chi connectivity index (χ0) is 18.4. The molecule has 26 heavy (non-hydrogen) atoms. The quantitative estimate of drug-likeness (QED) is 0.866. The van der Waals surface area contributed by atoms with Crippen molar-refractivity contribution in [3.8, 4) is 0 Å². The zero-order valence-corrected chi connectivity index (χ0v) is 15.2. The third-order valence-corrected chi connectivity index (χ3v) is 5.01. The molecule has 1 aliphatic heterocycles. The summed E-state index contributed by atoms with van der Waals surface area (Å²) in [6.07, 6.45) is 0. The average Bonchev–Trinajstić information content (AvgIpc) is 2.68. The lowest BCUT2D eigenvalue weighted by atomic mass is 10.1. The smallest absolute Gasteiger partial charge is 0.234 e. The van der Waals surface area contributed by atoms with E-state index < -0.39 is 0 Å². The Balaban J connectivity index is 1.41. The number of hydrogen-bond acceptors (Lipinski definition) is 3. The Kier molecular flexibility index (Phi) is 6.36. The highest BCUT2D eigenvalue weighted by Crippen LogP contribution is 2.21. The number of carbonyl (C=O) groups is 1. The summed E-state index contributed by atoms with van der Waals surface area (Å²) in [4.78, 5) is 16.7. The number of hydrogen-bond donors (Lipinski definition) is 1. The second-order valence-electron chi connectivity index (χ2n) is 6.80. The van der Waals surface area contributed by atoms with Gasteiger partial charge in [-0.25, -0.2) is 4.39 Å². The lowest BCUT2D eigenvalue weighted by Gasteiger charge is -2.38. The van der Waals surface area contributed by atoms with Crippen molar-refractivity contribution in [3.05, 3.63) is 71.5 Å². The van der Waals surface area contributed by atoms with Gasteiger partial charge in [-0.15, -0.1) is 0 Å². The molecule has 0 spiro atoms. The lowest BCUT2D eigenvalue weighted by molar-refractivity contribution is -0.122. The van der Waals surface area contributed by atoms with E-state index in [1.165, 1.54) is 12.1 Å². The standard InChI is InChI=1S/C21H26FN3O/c1-17(19-7-9-20(22)10-8-19)25-13-11-24(12-14-25)16-21(26)23-15-18-5-3-2-4-6-18/h2-10,17H,11-16H2,1H3,(H,23,26)/t17-/m0/s1. The Hall–Kier alpha value is -2.24. The van der Waals surface area contributed by atoms with Gasteiger partial charge in [0, 0.05) is 38.8 Å². The molecular formula is C21H26FN3O. The van der Waals surface area contributed by atoms with Crippen molar-refractivity contribution in [2.24, 2.45) is 0 Å². The van der Waals surface area contributed by atoms with Crippen molar-refractivity contribution in [2.75, 3.05) is 32.7 Å². The van der Waals surface area contributed by atoms with Crippen molar-refractivity contribution >= 4 is 5.91 Å². The predicted molar refractivity (Wildman–Crippen MR) is 101 cm³/mol. The van der Waals surface area contributed by atoms with Gasteiger partial charge < -0.3 is 5.32 Å². The number of piperazine rings is 1. The van der Waals surface area contributed by atoms with E-state index in [0.29, 0.717) is 13.1 Å². The highest BCUT2D eigenvalue weighted by molar-refractivity contribution is 5.78.